The average Bonchev–Trinajstić information content (AvgIpc) is 3.43. The van der Waals surface area contributed by atoms with Gasteiger partial charge in [-0.2, -0.15) is 0 Å². The van der Waals surface area contributed by atoms with Crippen LogP contribution in [0.5, 0.6) is 0 Å². The molecule has 2 atom stereocenters. The molecule has 0 spiro atoms. The molecule has 3 heterocycles. The van der Waals surface area contributed by atoms with Gasteiger partial charge in [0.2, 0.25) is 10.0 Å². The van der Waals surface area contributed by atoms with Crippen molar-refractivity contribution < 1.29 is 8.42 Å². The summed E-state index contributed by atoms with van der Waals surface area (Å²) in [5, 5.41) is 4.05. The van der Waals surface area contributed by atoms with Crippen LogP contribution in [0.1, 0.15) is 29.0 Å². The minimum Gasteiger partial charge on any atom is -0.351 e. The van der Waals surface area contributed by atoms with Crippen molar-refractivity contribution in [2.24, 2.45) is 0 Å². The number of thiocarbonyl (C=S) groups is 1. The van der Waals surface area contributed by atoms with Gasteiger partial charge in [0, 0.05) is 35.1 Å². The van der Waals surface area contributed by atoms with Crippen molar-refractivity contribution in [2.75, 3.05) is 15.9 Å². The molecule has 5 rings (SSSR count). The fourth-order valence-corrected chi connectivity index (χ4v) is 5.40. The quantitative estimate of drug-likeness (QED) is 0.371. The van der Waals surface area contributed by atoms with E-state index in [4.69, 9.17) is 12.2 Å². The molecule has 7 nitrogen and oxygen atoms in total. The molecule has 0 radical (unpaired) electrons. The maximum atomic E-state index is 11.6. The second kappa shape index (κ2) is 9.16. The number of anilines is 2. The van der Waals surface area contributed by atoms with Crippen LogP contribution in [0.25, 0.3) is 5.69 Å². The third-order valence-corrected chi connectivity index (χ3v) is 6.83. The normalized spacial score (nSPS) is 17.9. The maximum absolute atomic E-state index is 11.6. The SMILES string of the molecule is Cc1cccc(-n2cccc2[C@H]2[C@H](c3ccccn3)NC(=S)N2c2ccc(NS(C)(=O)=O)cc2)c1. The van der Waals surface area contributed by atoms with Gasteiger partial charge in [-0.15, -0.1) is 0 Å². The van der Waals surface area contributed by atoms with E-state index in [1.165, 1.54) is 5.56 Å². The molecule has 1 aliphatic rings. The third kappa shape index (κ3) is 4.78. The molecule has 1 fully saturated rings. The van der Waals surface area contributed by atoms with Crippen LogP contribution in [0.15, 0.2) is 91.3 Å². The van der Waals surface area contributed by atoms with E-state index in [0.717, 1.165) is 29.0 Å². The molecule has 1 saturated heterocycles. The Morgan fingerprint density at radius 2 is 1.77 bits per heavy atom. The van der Waals surface area contributed by atoms with Crippen LogP contribution in [0.2, 0.25) is 0 Å². The number of nitrogens with one attached hydrogen (secondary N) is 2. The molecule has 0 aliphatic carbocycles. The van der Waals surface area contributed by atoms with E-state index in [1.807, 2.05) is 42.5 Å². The summed E-state index contributed by atoms with van der Waals surface area (Å²) in [7, 11) is -3.36. The smallest absolute Gasteiger partial charge is 0.229 e. The number of sulfonamides is 1. The van der Waals surface area contributed by atoms with Crippen molar-refractivity contribution in [3.63, 3.8) is 0 Å². The standard InChI is InChI=1S/C26H25N5O2S2/c1-18-7-5-8-21(17-18)30-16-6-10-23(30)25-24(22-9-3-4-15-27-22)28-26(34)31(25)20-13-11-19(12-14-20)29-35(2,32)33/h3-17,24-25,29H,1-2H3,(H,28,34)/t24-,25-/m0/s1. The van der Waals surface area contributed by atoms with Gasteiger partial charge >= 0.3 is 0 Å². The van der Waals surface area contributed by atoms with Gasteiger partial charge in [0.05, 0.1) is 18.0 Å². The highest BCUT2D eigenvalue weighted by Gasteiger charge is 2.42. The maximum Gasteiger partial charge on any atom is 0.229 e. The zero-order chi connectivity index (χ0) is 24.6. The summed E-state index contributed by atoms with van der Waals surface area (Å²) in [5.74, 6) is 0. The predicted octanol–water partition coefficient (Wildman–Crippen LogP) is 4.73. The first-order valence-electron chi connectivity index (χ1n) is 11.1. The fourth-order valence-electron chi connectivity index (χ4n) is 4.49. The monoisotopic (exact) mass is 503 g/mol. The Labute approximate surface area is 210 Å². The van der Waals surface area contributed by atoms with Gasteiger partial charge in [-0.1, -0.05) is 18.2 Å². The number of benzene rings is 2. The summed E-state index contributed by atoms with van der Waals surface area (Å²) in [6.07, 6.45) is 4.97. The molecular weight excluding hydrogens is 478 g/mol. The first-order valence-corrected chi connectivity index (χ1v) is 13.4. The summed E-state index contributed by atoms with van der Waals surface area (Å²) in [5.41, 5.74) is 5.52. The Kier molecular flexibility index (Phi) is 6.04. The van der Waals surface area contributed by atoms with Crippen LogP contribution >= 0.6 is 12.2 Å². The zero-order valence-electron chi connectivity index (χ0n) is 19.3. The molecule has 0 amide bonds. The molecule has 0 saturated carbocycles. The minimum atomic E-state index is -3.36. The Morgan fingerprint density at radius 3 is 2.46 bits per heavy atom. The van der Waals surface area contributed by atoms with Gasteiger partial charge in [0.25, 0.3) is 0 Å². The zero-order valence-corrected chi connectivity index (χ0v) is 20.9. The lowest BCUT2D eigenvalue weighted by Gasteiger charge is -2.29. The van der Waals surface area contributed by atoms with Gasteiger partial charge in [-0.05, 0) is 85.4 Å². The largest absolute Gasteiger partial charge is 0.351 e. The Balaban J connectivity index is 1.61. The van der Waals surface area contributed by atoms with Crippen LogP contribution in [0, 0.1) is 6.92 Å². The molecule has 2 N–H and O–H groups in total. The van der Waals surface area contributed by atoms with Gasteiger partial charge in [0.15, 0.2) is 5.11 Å². The number of aryl methyl sites for hydroxylation is 1. The van der Waals surface area contributed by atoms with E-state index >= 15 is 0 Å². The lowest BCUT2D eigenvalue weighted by molar-refractivity contribution is 0.549. The van der Waals surface area contributed by atoms with Gasteiger partial charge in [-0.25, -0.2) is 8.42 Å². The summed E-state index contributed by atoms with van der Waals surface area (Å²) in [4.78, 5) is 6.69. The highest BCUT2D eigenvalue weighted by Crippen LogP contribution is 2.42. The summed E-state index contributed by atoms with van der Waals surface area (Å²) >= 11 is 5.82. The highest BCUT2D eigenvalue weighted by molar-refractivity contribution is 7.92. The lowest BCUT2D eigenvalue weighted by atomic mass is 10.0. The molecule has 9 heteroatoms. The molecule has 1 aliphatic heterocycles. The Bertz CT molecular complexity index is 1470. The summed E-state index contributed by atoms with van der Waals surface area (Å²) < 4.78 is 28.0. The number of pyridine rings is 1. The fraction of sp³-hybridized carbons (Fsp3) is 0.154. The van der Waals surface area contributed by atoms with E-state index in [1.54, 1.807) is 18.3 Å². The highest BCUT2D eigenvalue weighted by atomic mass is 32.2. The van der Waals surface area contributed by atoms with Crippen LogP contribution in [0.3, 0.4) is 0 Å². The molecule has 0 unspecified atom stereocenters. The second-order valence-corrected chi connectivity index (χ2v) is 10.7. The van der Waals surface area contributed by atoms with Gasteiger partial charge in [-0.3, -0.25) is 9.71 Å². The number of nitrogens with zero attached hydrogens (tertiary/aromatic N) is 3. The van der Waals surface area contributed by atoms with Crippen molar-refractivity contribution in [3.8, 4) is 5.69 Å². The van der Waals surface area contributed by atoms with E-state index in [0.29, 0.717) is 10.8 Å². The van der Waals surface area contributed by atoms with Crippen molar-refractivity contribution >= 4 is 38.7 Å². The van der Waals surface area contributed by atoms with Crippen LogP contribution in [-0.2, 0) is 10.0 Å². The van der Waals surface area contributed by atoms with Crippen molar-refractivity contribution in [1.82, 2.24) is 14.9 Å². The molecule has 2 aromatic heterocycles. The summed E-state index contributed by atoms with van der Waals surface area (Å²) in [6.45, 7) is 2.08. The second-order valence-electron chi connectivity index (χ2n) is 8.56. The molecule has 0 bridgehead atoms. The predicted molar refractivity (Wildman–Crippen MR) is 143 cm³/mol. The number of aromatic nitrogens is 2. The van der Waals surface area contributed by atoms with E-state index in [-0.39, 0.29) is 12.1 Å². The number of rotatable bonds is 6. The van der Waals surface area contributed by atoms with Gasteiger partial charge < -0.3 is 14.8 Å². The molecule has 4 aromatic rings. The lowest BCUT2D eigenvalue weighted by Crippen LogP contribution is -2.30. The van der Waals surface area contributed by atoms with E-state index in [9.17, 15) is 8.42 Å². The van der Waals surface area contributed by atoms with Crippen LogP contribution < -0.4 is 14.9 Å². The van der Waals surface area contributed by atoms with Crippen LogP contribution in [0.4, 0.5) is 11.4 Å². The van der Waals surface area contributed by atoms with Crippen LogP contribution in [-0.4, -0.2) is 29.3 Å². The first kappa shape index (κ1) is 23.1. The van der Waals surface area contributed by atoms with Crippen molar-refractivity contribution in [2.45, 2.75) is 19.0 Å². The number of hydrogen-bond donors (Lipinski definition) is 2. The molecule has 35 heavy (non-hydrogen) atoms. The molecule has 2 aromatic carbocycles. The molecular formula is C26H25N5O2S2. The average molecular weight is 504 g/mol. The number of hydrogen-bond acceptors (Lipinski definition) is 4. The van der Waals surface area contributed by atoms with E-state index in [2.05, 4.69) is 61.9 Å². The topological polar surface area (TPSA) is 79.3 Å². The Morgan fingerprint density at radius 1 is 0.971 bits per heavy atom. The molecule has 178 valence electrons. The van der Waals surface area contributed by atoms with Gasteiger partial charge in [0.1, 0.15) is 6.04 Å². The Hall–Kier alpha value is -3.69. The third-order valence-electron chi connectivity index (χ3n) is 5.91. The summed E-state index contributed by atoms with van der Waals surface area (Å²) in [6, 6.07) is 25.2. The van der Waals surface area contributed by atoms with Crippen molar-refractivity contribution in [3.05, 3.63) is 108 Å². The van der Waals surface area contributed by atoms with Crippen molar-refractivity contribution in [1.29, 1.82) is 0 Å². The van der Waals surface area contributed by atoms with E-state index < -0.39 is 10.0 Å². The first-order chi connectivity index (χ1) is 16.8. The minimum absolute atomic E-state index is 0.184.